The van der Waals surface area contributed by atoms with Crippen molar-refractivity contribution in [2.45, 2.75) is 0 Å². The molecule has 9 rings (SSSR count). The van der Waals surface area contributed by atoms with E-state index in [1.54, 1.807) is 0 Å². The van der Waals surface area contributed by atoms with Gasteiger partial charge in [0.15, 0.2) is 0 Å². The van der Waals surface area contributed by atoms with Gasteiger partial charge in [0, 0.05) is 43.9 Å². The summed E-state index contributed by atoms with van der Waals surface area (Å²) in [4.78, 5) is 6.93. The van der Waals surface area contributed by atoms with Gasteiger partial charge in [-0.2, -0.15) is 0 Å². The molecule has 0 aliphatic rings. The minimum atomic E-state index is 1.12. The Hall–Kier alpha value is -5.51. The topological polar surface area (TPSA) is 16.1 Å². The van der Waals surface area contributed by atoms with Crippen LogP contribution in [0.1, 0.15) is 0 Å². The summed E-state index contributed by atoms with van der Waals surface area (Å²) in [5.41, 5.74) is 5.81. The number of pyridine rings is 1. The normalized spacial score (nSPS) is 11.6. The smallest absolute Gasteiger partial charge is 0.0555 e. The van der Waals surface area contributed by atoms with E-state index in [1.165, 1.54) is 63.6 Å². The minimum absolute atomic E-state index is 1.12. The van der Waals surface area contributed by atoms with Gasteiger partial charge in [-0.15, -0.1) is 11.3 Å². The Balaban J connectivity index is 1.30. The number of nitrogens with zero attached hydrogens (tertiary/aromatic N) is 2. The van der Waals surface area contributed by atoms with Crippen LogP contribution in [-0.2, 0) is 0 Å². The highest BCUT2D eigenvalue weighted by molar-refractivity contribution is 7.25. The zero-order valence-corrected chi connectivity index (χ0v) is 24.6. The average Bonchev–Trinajstić information content (AvgIpc) is 3.48. The van der Waals surface area contributed by atoms with E-state index in [2.05, 4.69) is 155 Å². The van der Waals surface area contributed by atoms with E-state index in [1.807, 2.05) is 23.7 Å². The molecule has 3 heteroatoms. The fraction of sp³-hybridized carbons (Fsp3) is 0. The predicted molar refractivity (Wildman–Crippen MR) is 190 cm³/mol. The zero-order valence-electron chi connectivity index (χ0n) is 23.8. The minimum Gasteiger partial charge on any atom is -0.310 e. The van der Waals surface area contributed by atoms with E-state index < -0.39 is 0 Å². The van der Waals surface area contributed by atoms with Crippen molar-refractivity contribution in [2.75, 3.05) is 4.90 Å². The molecule has 206 valence electrons. The lowest BCUT2D eigenvalue weighted by molar-refractivity contribution is 1.31. The van der Waals surface area contributed by atoms with Gasteiger partial charge in [0.25, 0.3) is 0 Å². The van der Waals surface area contributed by atoms with Gasteiger partial charge in [-0.1, -0.05) is 103 Å². The quantitative estimate of drug-likeness (QED) is 0.193. The first-order valence-corrected chi connectivity index (χ1v) is 15.7. The molecule has 44 heavy (non-hydrogen) atoms. The molecule has 0 N–H and O–H groups in total. The highest BCUT2D eigenvalue weighted by Gasteiger charge is 2.19. The van der Waals surface area contributed by atoms with Crippen molar-refractivity contribution in [3.05, 3.63) is 158 Å². The van der Waals surface area contributed by atoms with Gasteiger partial charge in [0.1, 0.15) is 0 Å². The third kappa shape index (κ3) is 3.98. The Morgan fingerprint density at radius 2 is 1.16 bits per heavy atom. The van der Waals surface area contributed by atoms with E-state index in [-0.39, 0.29) is 0 Å². The molecule has 2 nitrogen and oxygen atoms in total. The Morgan fingerprint density at radius 3 is 2.02 bits per heavy atom. The van der Waals surface area contributed by atoms with Gasteiger partial charge >= 0.3 is 0 Å². The molecular formula is C41H26N2S. The SMILES string of the molecule is c1ccc(-c2ccc(N(c3ccc4ccc5c6ccccc6ccc5c4c3)c3cccc4sc5ccncc5c34)cc2)cc1. The van der Waals surface area contributed by atoms with Crippen molar-refractivity contribution in [3.8, 4) is 11.1 Å². The van der Waals surface area contributed by atoms with Crippen LogP contribution in [0.3, 0.4) is 0 Å². The monoisotopic (exact) mass is 578 g/mol. The third-order valence-electron chi connectivity index (χ3n) is 8.73. The van der Waals surface area contributed by atoms with Crippen LogP contribution in [0.2, 0.25) is 0 Å². The standard InChI is InChI=1S/C41H26N2S/c1-2-7-27(8-3-1)28-13-18-31(19-14-28)43(38-11-6-12-40-41(38)37-26-42-24-23-39(37)44-40)32-20-15-30-17-21-34-33-10-5-4-9-29(33)16-22-35(34)36(30)25-32/h1-26H. The van der Waals surface area contributed by atoms with Crippen LogP contribution in [0.4, 0.5) is 17.1 Å². The van der Waals surface area contributed by atoms with Gasteiger partial charge in [0.2, 0.25) is 0 Å². The van der Waals surface area contributed by atoms with Crippen LogP contribution in [-0.4, -0.2) is 4.98 Å². The summed E-state index contributed by atoms with van der Waals surface area (Å²) in [5.74, 6) is 0. The molecule has 0 saturated carbocycles. The Kier molecular flexibility index (Phi) is 5.71. The molecular weight excluding hydrogens is 553 g/mol. The molecule has 0 amide bonds. The van der Waals surface area contributed by atoms with Gasteiger partial charge in [-0.25, -0.2) is 0 Å². The van der Waals surface area contributed by atoms with Crippen molar-refractivity contribution in [1.82, 2.24) is 4.98 Å². The number of aromatic nitrogens is 1. The maximum atomic E-state index is 4.51. The highest BCUT2D eigenvalue weighted by atomic mass is 32.1. The van der Waals surface area contributed by atoms with Crippen LogP contribution >= 0.6 is 11.3 Å². The molecule has 0 aliphatic carbocycles. The first kappa shape index (κ1) is 25.0. The third-order valence-corrected chi connectivity index (χ3v) is 9.87. The Labute approximate surface area is 259 Å². The van der Waals surface area contributed by atoms with E-state index in [4.69, 9.17) is 0 Å². The summed E-state index contributed by atoms with van der Waals surface area (Å²) in [5, 5.41) is 10.0. The van der Waals surface area contributed by atoms with Crippen molar-refractivity contribution in [1.29, 1.82) is 0 Å². The summed E-state index contributed by atoms with van der Waals surface area (Å²) in [6.45, 7) is 0. The number of fused-ring (bicyclic) bond motifs is 8. The summed E-state index contributed by atoms with van der Waals surface area (Å²) in [6.07, 6.45) is 3.89. The number of hydrogen-bond donors (Lipinski definition) is 0. The second kappa shape index (κ2) is 10.0. The van der Waals surface area contributed by atoms with Gasteiger partial charge in [0.05, 0.1) is 5.69 Å². The van der Waals surface area contributed by atoms with Crippen LogP contribution in [0.25, 0.3) is 63.6 Å². The molecule has 0 atom stereocenters. The molecule has 2 heterocycles. The molecule has 0 spiro atoms. The second-order valence-electron chi connectivity index (χ2n) is 11.2. The number of anilines is 3. The lowest BCUT2D eigenvalue weighted by Crippen LogP contribution is -2.10. The van der Waals surface area contributed by atoms with Crippen molar-refractivity contribution < 1.29 is 0 Å². The van der Waals surface area contributed by atoms with Gasteiger partial charge in [-0.05, 0) is 85.9 Å². The molecule has 9 aromatic rings. The number of hydrogen-bond acceptors (Lipinski definition) is 3. The molecule has 0 radical (unpaired) electrons. The van der Waals surface area contributed by atoms with E-state index >= 15 is 0 Å². The summed E-state index contributed by atoms with van der Waals surface area (Å²) >= 11 is 1.82. The van der Waals surface area contributed by atoms with Gasteiger partial charge in [-0.3, -0.25) is 4.98 Å². The summed E-state index contributed by atoms with van der Waals surface area (Å²) in [7, 11) is 0. The summed E-state index contributed by atoms with van der Waals surface area (Å²) in [6, 6.07) is 52.9. The number of thiophene rings is 1. The lowest BCUT2D eigenvalue weighted by atomic mass is 9.96. The average molecular weight is 579 g/mol. The van der Waals surface area contributed by atoms with E-state index in [0.29, 0.717) is 0 Å². The lowest BCUT2D eigenvalue weighted by Gasteiger charge is -2.27. The maximum Gasteiger partial charge on any atom is 0.0555 e. The first-order chi connectivity index (χ1) is 21.8. The molecule has 0 bridgehead atoms. The number of rotatable bonds is 4. The van der Waals surface area contributed by atoms with Crippen LogP contribution < -0.4 is 4.90 Å². The summed E-state index contributed by atoms with van der Waals surface area (Å²) < 4.78 is 2.51. The molecule has 0 aliphatic heterocycles. The molecule has 0 fully saturated rings. The fourth-order valence-corrected chi connectivity index (χ4v) is 7.74. The predicted octanol–water partition coefficient (Wildman–Crippen LogP) is 12.0. The molecule has 0 unspecified atom stereocenters. The zero-order chi connectivity index (χ0) is 29.0. The Morgan fingerprint density at radius 1 is 0.455 bits per heavy atom. The van der Waals surface area contributed by atoms with Crippen molar-refractivity contribution >= 4 is 80.9 Å². The van der Waals surface area contributed by atoms with Crippen LogP contribution in [0.15, 0.2) is 158 Å². The first-order valence-electron chi connectivity index (χ1n) is 14.9. The second-order valence-corrected chi connectivity index (χ2v) is 12.3. The highest BCUT2D eigenvalue weighted by Crippen LogP contribution is 2.45. The molecule has 7 aromatic carbocycles. The van der Waals surface area contributed by atoms with Crippen LogP contribution in [0, 0.1) is 0 Å². The largest absolute Gasteiger partial charge is 0.310 e. The maximum absolute atomic E-state index is 4.51. The van der Waals surface area contributed by atoms with E-state index in [9.17, 15) is 0 Å². The van der Waals surface area contributed by atoms with Crippen molar-refractivity contribution in [2.24, 2.45) is 0 Å². The molecule has 2 aromatic heterocycles. The van der Waals surface area contributed by atoms with Crippen molar-refractivity contribution in [3.63, 3.8) is 0 Å². The fourth-order valence-electron chi connectivity index (χ4n) is 6.64. The van der Waals surface area contributed by atoms with E-state index in [0.717, 1.165) is 17.1 Å². The Bertz CT molecular complexity index is 2490. The molecule has 0 saturated heterocycles. The van der Waals surface area contributed by atoms with Crippen LogP contribution in [0.5, 0.6) is 0 Å². The van der Waals surface area contributed by atoms with Gasteiger partial charge < -0.3 is 4.90 Å². The number of benzene rings is 7.